The van der Waals surface area contributed by atoms with Crippen molar-refractivity contribution in [1.29, 1.82) is 0 Å². The molecule has 0 aliphatic carbocycles. The fraction of sp³-hybridized carbons (Fsp3) is 0. The summed E-state index contributed by atoms with van der Waals surface area (Å²) in [6, 6.07) is 71.2. The topological polar surface area (TPSA) is 51.8 Å². The number of benzene rings is 10. The Balaban J connectivity index is 1.04. The van der Waals surface area contributed by atoms with Gasteiger partial charge in [0.05, 0.1) is 0 Å². The Labute approximate surface area is 350 Å². The highest BCUT2D eigenvalue weighted by molar-refractivity contribution is 6.37. The summed E-state index contributed by atoms with van der Waals surface area (Å²) in [6.45, 7) is 0. The molecule has 0 bridgehead atoms. The van der Waals surface area contributed by atoms with Crippen LogP contribution in [0.3, 0.4) is 0 Å². The first-order valence-electron chi connectivity index (χ1n) is 20.7. The van der Waals surface area contributed by atoms with Gasteiger partial charge < -0.3 is 4.42 Å². The Morgan fingerprint density at radius 3 is 1.49 bits per heavy atom. The molecule has 2 heterocycles. The van der Waals surface area contributed by atoms with E-state index in [2.05, 4.69) is 140 Å². The molecule has 0 N–H and O–H groups in total. The molecule has 11 aromatic carbocycles. The van der Waals surface area contributed by atoms with Crippen LogP contribution in [0.2, 0.25) is 0 Å². The molecule has 4 heteroatoms. The van der Waals surface area contributed by atoms with Gasteiger partial charge in [0.15, 0.2) is 17.5 Å². The molecule has 0 unspecified atom stereocenters. The first-order chi connectivity index (χ1) is 30.2. The number of rotatable bonds is 5. The molecule has 0 aliphatic rings. The summed E-state index contributed by atoms with van der Waals surface area (Å²) in [5, 5.41) is 16.2. The molecule has 0 radical (unpaired) electrons. The van der Waals surface area contributed by atoms with Crippen molar-refractivity contribution in [2.24, 2.45) is 0 Å². The van der Waals surface area contributed by atoms with E-state index >= 15 is 0 Å². The Morgan fingerprint density at radius 2 is 0.787 bits per heavy atom. The molecular weight excluding hydrogens is 743 g/mol. The zero-order chi connectivity index (χ0) is 40.0. The Morgan fingerprint density at radius 1 is 0.279 bits per heavy atom. The molecule has 0 aliphatic heterocycles. The predicted molar refractivity (Wildman–Crippen MR) is 253 cm³/mol. The van der Waals surface area contributed by atoms with E-state index < -0.39 is 0 Å². The Hall–Kier alpha value is -8.21. The number of hydrogen-bond donors (Lipinski definition) is 0. The van der Waals surface area contributed by atoms with Gasteiger partial charge in [0.25, 0.3) is 0 Å². The van der Waals surface area contributed by atoms with Crippen LogP contribution in [-0.2, 0) is 0 Å². The number of hydrogen-bond acceptors (Lipinski definition) is 4. The van der Waals surface area contributed by atoms with Crippen LogP contribution in [0, 0.1) is 0 Å². The minimum atomic E-state index is 0.581. The summed E-state index contributed by atoms with van der Waals surface area (Å²) in [7, 11) is 0. The molecule has 0 spiro atoms. The van der Waals surface area contributed by atoms with E-state index in [-0.39, 0.29) is 0 Å². The number of para-hydroxylation sites is 1. The summed E-state index contributed by atoms with van der Waals surface area (Å²) in [5.41, 5.74) is 6.68. The van der Waals surface area contributed by atoms with Gasteiger partial charge >= 0.3 is 0 Å². The van der Waals surface area contributed by atoms with Crippen LogP contribution < -0.4 is 0 Å². The second-order valence-electron chi connectivity index (χ2n) is 15.9. The third-order valence-electron chi connectivity index (χ3n) is 12.4. The molecule has 0 saturated heterocycles. The molecule has 61 heavy (non-hydrogen) atoms. The van der Waals surface area contributed by atoms with Crippen LogP contribution in [0.1, 0.15) is 0 Å². The minimum absolute atomic E-state index is 0.581. The molecule has 0 atom stereocenters. The molecule has 2 aromatic heterocycles. The average Bonchev–Trinajstić information content (AvgIpc) is 3.77. The van der Waals surface area contributed by atoms with Crippen LogP contribution >= 0.6 is 0 Å². The van der Waals surface area contributed by atoms with Gasteiger partial charge in [0.1, 0.15) is 11.3 Å². The lowest BCUT2D eigenvalue weighted by Gasteiger charge is -2.17. The predicted octanol–water partition coefficient (Wildman–Crippen LogP) is 15.3. The number of aromatic nitrogens is 3. The highest BCUT2D eigenvalue weighted by Crippen LogP contribution is 2.45. The highest BCUT2D eigenvalue weighted by Gasteiger charge is 2.20. The third kappa shape index (κ3) is 5.29. The first kappa shape index (κ1) is 33.7. The normalized spacial score (nSPS) is 11.9. The maximum absolute atomic E-state index is 6.38. The van der Waals surface area contributed by atoms with Gasteiger partial charge in [-0.05, 0) is 106 Å². The number of furan rings is 1. The standard InChI is InChI=1S/C57H33N3O/c1-2-12-37(13-3-1)55-58-56(60-57(59-55)47-21-6-5-20-43(47)50-33-39-14-4-7-25-49(39)61-50)41-19-8-18-38(30-41)42-31-40-29-28-36-16-10-23-45-44-22-9-15-34-26-27-35-17-11-24-46(53(35)51(34)44)48(32-42)54(40)52(36)45/h1-33H. The number of nitrogens with zero attached hydrogens (tertiary/aromatic N) is 3. The summed E-state index contributed by atoms with van der Waals surface area (Å²) in [4.78, 5) is 15.5. The summed E-state index contributed by atoms with van der Waals surface area (Å²) >= 11 is 0. The minimum Gasteiger partial charge on any atom is -0.456 e. The van der Waals surface area contributed by atoms with E-state index in [0.29, 0.717) is 17.5 Å². The smallest absolute Gasteiger partial charge is 0.164 e. The van der Waals surface area contributed by atoms with Crippen molar-refractivity contribution in [3.63, 3.8) is 0 Å². The van der Waals surface area contributed by atoms with E-state index in [1.54, 1.807) is 0 Å². The third-order valence-corrected chi connectivity index (χ3v) is 12.4. The summed E-state index contributed by atoms with van der Waals surface area (Å²) < 4.78 is 6.38. The van der Waals surface area contributed by atoms with Gasteiger partial charge in [0, 0.05) is 27.6 Å². The maximum Gasteiger partial charge on any atom is 0.164 e. The molecule has 0 fully saturated rings. The monoisotopic (exact) mass is 775 g/mol. The maximum atomic E-state index is 6.38. The van der Waals surface area contributed by atoms with Crippen LogP contribution in [0.4, 0.5) is 0 Å². The average molecular weight is 776 g/mol. The van der Waals surface area contributed by atoms with Crippen molar-refractivity contribution in [1.82, 2.24) is 15.0 Å². The van der Waals surface area contributed by atoms with Gasteiger partial charge in [0.2, 0.25) is 0 Å². The summed E-state index contributed by atoms with van der Waals surface area (Å²) in [6.07, 6.45) is 0. The molecule has 282 valence electrons. The van der Waals surface area contributed by atoms with Crippen LogP contribution in [0.5, 0.6) is 0 Å². The first-order valence-corrected chi connectivity index (χ1v) is 20.7. The van der Waals surface area contributed by atoms with Crippen LogP contribution in [-0.4, -0.2) is 15.0 Å². The van der Waals surface area contributed by atoms with Crippen molar-refractivity contribution >= 4 is 75.6 Å². The molecule has 0 saturated carbocycles. The zero-order valence-electron chi connectivity index (χ0n) is 32.8. The van der Waals surface area contributed by atoms with Crippen molar-refractivity contribution in [3.05, 3.63) is 200 Å². The van der Waals surface area contributed by atoms with Crippen LogP contribution in [0.25, 0.3) is 132 Å². The van der Waals surface area contributed by atoms with E-state index in [4.69, 9.17) is 19.4 Å². The second kappa shape index (κ2) is 13.2. The lowest BCUT2D eigenvalue weighted by atomic mass is 9.86. The van der Waals surface area contributed by atoms with Gasteiger partial charge in [-0.3, -0.25) is 0 Å². The molecular formula is C57H33N3O. The van der Waals surface area contributed by atoms with E-state index in [9.17, 15) is 0 Å². The van der Waals surface area contributed by atoms with Gasteiger partial charge in [-0.2, -0.15) is 0 Å². The van der Waals surface area contributed by atoms with E-state index in [1.807, 2.05) is 60.7 Å². The molecule has 13 rings (SSSR count). The van der Waals surface area contributed by atoms with Crippen LogP contribution in [0.15, 0.2) is 205 Å². The Bertz CT molecular complexity index is 3850. The zero-order valence-corrected chi connectivity index (χ0v) is 32.8. The fourth-order valence-corrected chi connectivity index (χ4v) is 9.64. The van der Waals surface area contributed by atoms with Crippen molar-refractivity contribution < 1.29 is 4.42 Å². The highest BCUT2D eigenvalue weighted by atomic mass is 16.3. The van der Waals surface area contributed by atoms with Crippen molar-refractivity contribution in [3.8, 4) is 56.6 Å². The van der Waals surface area contributed by atoms with Gasteiger partial charge in [-0.1, -0.05) is 170 Å². The Kier molecular flexibility index (Phi) is 7.27. The van der Waals surface area contributed by atoms with Gasteiger partial charge in [-0.15, -0.1) is 0 Å². The van der Waals surface area contributed by atoms with E-state index in [0.717, 1.165) is 50.1 Å². The van der Waals surface area contributed by atoms with E-state index in [1.165, 1.54) is 64.6 Å². The SMILES string of the molecule is c1ccc(-c2nc(-c3cccc(-c4cc5ccc6cccc7c8cccc9ccc%10cccc(c(c4)c5c67)c%10c98)c3)nc(-c3ccccc3-c3cc4ccccc4o3)n2)cc1. The quantitative estimate of drug-likeness (QED) is 0.163. The lowest BCUT2D eigenvalue weighted by molar-refractivity contribution is 0.631. The molecule has 0 amide bonds. The molecule has 13 aromatic rings. The second-order valence-corrected chi connectivity index (χ2v) is 15.9. The number of fused-ring (bicyclic) bond motifs is 3. The summed E-state index contributed by atoms with van der Waals surface area (Å²) in [5.74, 6) is 2.56. The largest absolute Gasteiger partial charge is 0.456 e. The van der Waals surface area contributed by atoms with Crippen molar-refractivity contribution in [2.45, 2.75) is 0 Å². The van der Waals surface area contributed by atoms with Crippen molar-refractivity contribution in [2.75, 3.05) is 0 Å². The fourth-order valence-electron chi connectivity index (χ4n) is 9.64. The lowest BCUT2D eigenvalue weighted by Crippen LogP contribution is -2.01. The van der Waals surface area contributed by atoms with Gasteiger partial charge in [-0.25, -0.2) is 15.0 Å². The molecule has 4 nitrogen and oxygen atoms in total.